The second-order valence-electron chi connectivity index (χ2n) is 3.02. The molecule has 0 aliphatic carbocycles. The van der Waals surface area contributed by atoms with Crippen LogP contribution in [0.3, 0.4) is 0 Å². The first-order valence-electron chi connectivity index (χ1n) is 4.31. The number of halogens is 2. The van der Waals surface area contributed by atoms with Crippen molar-refractivity contribution in [2.45, 2.75) is 12.5 Å². The first-order valence-corrected chi connectivity index (χ1v) is 5.07. The van der Waals surface area contributed by atoms with Crippen LogP contribution in [0.4, 0.5) is 0 Å². The lowest BCUT2D eigenvalue weighted by molar-refractivity contribution is 0.214. The molecule has 14 heavy (non-hydrogen) atoms. The van der Waals surface area contributed by atoms with Gasteiger partial charge in [0.2, 0.25) is 11.2 Å². The van der Waals surface area contributed by atoms with Gasteiger partial charge in [-0.05, 0) is 24.6 Å². The Morgan fingerprint density at radius 1 is 1.50 bits per heavy atom. The third kappa shape index (κ3) is 2.26. The van der Waals surface area contributed by atoms with Crippen molar-refractivity contribution in [3.05, 3.63) is 16.5 Å². The van der Waals surface area contributed by atoms with E-state index >= 15 is 0 Å². The van der Waals surface area contributed by atoms with E-state index in [2.05, 4.69) is 15.3 Å². The summed E-state index contributed by atoms with van der Waals surface area (Å²) >= 11 is 11.5. The Kier molecular flexibility index (Phi) is 3.05. The normalized spacial score (nSPS) is 21.1. The minimum absolute atomic E-state index is 0.124. The summed E-state index contributed by atoms with van der Waals surface area (Å²) in [4.78, 5) is 7.65. The van der Waals surface area contributed by atoms with Gasteiger partial charge in [-0.1, -0.05) is 11.6 Å². The largest absolute Gasteiger partial charge is 0.472 e. The predicted octanol–water partition coefficient (Wildman–Crippen LogP) is 1.52. The van der Waals surface area contributed by atoms with E-state index in [1.165, 1.54) is 6.20 Å². The molecular formula is C8H9Cl2N3O. The Hall–Kier alpha value is -0.580. The second-order valence-corrected chi connectivity index (χ2v) is 3.77. The van der Waals surface area contributed by atoms with Crippen LogP contribution < -0.4 is 10.1 Å². The van der Waals surface area contributed by atoms with E-state index < -0.39 is 0 Å². The van der Waals surface area contributed by atoms with Crippen molar-refractivity contribution < 1.29 is 4.74 Å². The first-order chi connectivity index (χ1) is 6.75. The molecule has 0 bridgehead atoms. The third-order valence-electron chi connectivity index (χ3n) is 1.98. The molecule has 76 valence electrons. The topological polar surface area (TPSA) is 47.0 Å². The number of rotatable bonds is 2. The van der Waals surface area contributed by atoms with Crippen molar-refractivity contribution in [2.24, 2.45) is 0 Å². The molecule has 1 atom stereocenters. The van der Waals surface area contributed by atoms with E-state index in [9.17, 15) is 0 Å². The van der Waals surface area contributed by atoms with E-state index in [4.69, 9.17) is 27.9 Å². The van der Waals surface area contributed by atoms with Gasteiger partial charge in [0.1, 0.15) is 11.1 Å². The maximum absolute atomic E-state index is 5.85. The number of nitrogens with zero attached hydrogens (tertiary/aromatic N) is 2. The summed E-state index contributed by atoms with van der Waals surface area (Å²) < 4.78 is 5.56. The zero-order valence-electron chi connectivity index (χ0n) is 7.33. The molecule has 1 aliphatic rings. The molecule has 1 N–H and O–H groups in total. The standard InChI is InChI=1S/C8H9Cl2N3O/c9-6-4-12-8(10)13-7(6)14-5-1-2-11-3-5/h4-5,11H,1-3H2/t5-/m1/s1. The summed E-state index contributed by atoms with van der Waals surface area (Å²) in [7, 11) is 0. The van der Waals surface area contributed by atoms with Crippen LogP contribution in [0.1, 0.15) is 6.42 Å². The molecule has 4 nitrogen and oxygen atoms in total. The zero-order chi connectivity index (χ0) is 9.97. The van der Waals surface area contributed by atoms with E-state index in [0.717, 1.165) is 19.5 Å². The average Bonchev–Trinajstić information content (AvgIpc) is 2.64. The van der Waals surface area contributed by atoms with Crippen LogP contribution in [0.5, 0.6) is 5.88 Å². The molecule has 2 heterocycles. The smallest absolute Gasteiger partial charge is 0.237 e. The number of hydrogen-bond acceptors (Lipinski definition) is 4. The molecule has 1 aromatic rings. The average molecular weight is 234 g/mol. The summed E-state index contributed by atoms with van der Waals surface area (Å²) in [6, 6.07) is 0. The zero-order valence-corrected chi connectivity index (χ0v) is 8.85. The van der Waals surface area contributed by atoms with Crippen molar-refractivity contribution in [3.63, 3.8) is 0 Å². The molecule has 0 amide bonds. The van der Waals surface area contributed by atoms with E-state index in [-0.39, 0.29) is 11.4 Å². The molecule has 0 aromatic carbocycles. The van der Waals surface area contributed by atoms with Crippen molar-refractivity contribution >= 4 is 23.2 Å². The third-order valence-corrected chi connectivity index (χ3v) is 2.42. The fraction of sp³-hybridized carbons (Fsp3) is 0.500. The van der Waals surface area contributed by atoms with Crippen molar-refractivity contribution in [3.8, 4) is 5.88 Å². The summed E-state index contributed by atoms with van der Waals surface area (Å²) in [5.41, 5.74) is 0. The van der Waals surface area contributed by atoms with E-state index in [1.807, 2.05) is 0 Å². The van der Waals surface area contributed by atoms with Crippen LogP contribution in [0.25, 0.3) is 0 Å². The number of hydrogen-bond donors (Lipinski definition) is 1. The lowest BCUT2D eigenvalue weighted by Crippen LogP contribution is -2.20. The van der Waals surface area contributed by atoms with Gasteiger partial charge in [0, 0.05) is 6.54 Å². The fourth-order valence-corrected chi connectivity index (χ4v) is 1.56. The quantitative estimate of drug-likeness (QED) is 0.788. The lowest BCUT2D eigenvalue weighted by Gasteiger charge is -2.11. The van der Waals surface area contributed by atoms with Gasteiger partial charge in [0.25, 0.3) is 0 Å². The Labute approximate surface area is 91.6 Å². The maximum atomic E-state index is 5.85. The molecule has 0 saturated carbocycles. The monoisotopic (exact) mass is 233 g/mol. The van der Waals surface area contributed by atoms with Gasteiger partial charge in [-0.3, -0.25) is 0 Å². The van der Waals surface area contributed by atoms with Gasteiger partial charge < -0.3 is 10.1 Å². The Bertz CT molecular complexity index is 328. The fourth-order valence-electron chi connectivity index (χ4n) is 1.30. The van der Waals surface area contributed by atoms with Crippen molar-refractivity contribution in [1.29, 1.82) is 0 Å². The van der Waals surface area contributed by atoms with Crippen LogP contribution in [0.15, 0.2) is 6.20 Å². The van der Waals surface area contributed by atoms with Crippen LogP contribution in [0, 0.1) is 0 Å². The van der Waals surface area contributed by atoms with Gasteiger partial charge in [0.15, 0.2) is 0 Å². The molecule has 2 rings (SSSR count). The van der Waals surface area contributed by atoms with Crippen LogP contribution in [0.2, 0.25) is 10.3 Å². The highest BCUT2D eigenvalue weighted by atomic mass is 35.5. The molecule has 0 unspecified atom stereocenters. The number of ether oxygens (including phenoxy) is 1. The molecule has 0 radical (unpaired) electrons. The molecular weight excluding hydrogens is 225 g/mol. The Morgan fingerprint density at radius 3 is 3.07 bits per heavy atom. The first kappa shape index (κ1) is 9.96. The minimum atomic E-state index is 0.124. The lowest BCUT2D eigenvalue weighted by atomic mass is 10.3. The molecule has 6 heteroatoms. The van der Waals surface area contributed by atoms with Gasteiger partial charge in [-0.25, -0.2) is 4.98 Å². The van der Waals surface area contributed by atoms with Crippen LogP contribution in [-0.4, -0.2) is 29.2 Å². The maximum Gasteiger partial charge on any atom is 0.237 e. The predicted molar refractivity (Wildman–Crippen MR) is 54.0 cm³/mol. The van der Waals surface area contributed by atoms with Gasteiger partial charge in [-0.2, -0.15) is 4.98 Å². The molecule has 1 saturated heterocycles. The highest BCUT2D eigenvalue weighted by molar-refractivity contribution is 6.32. The molecule has 1 fully saturated rings. The minimum Gasteiger partial charge on any atom is -0.472 e. The van der Waals surface area contributed by atoms with Crippen LogP contribution in [-0.2, 0) is 0 Å². The van der Waals surface area contributed by atoms with Crippen LogP contribution >= 0.6 is 23.2 Å². The SMILES string of the molecule is Clc1ncc(Cl)c(O[C@@H]2CCNC2)n1. The Morgan fingerprint density at radius 2 is 2.36 bits per heavy atom. The molecule has 1 aromatic heterocycles. The highest BCUT2D eigenvalue weighted by Crippen LogP contribution is 2.23. The Balaban J connectivity index is 2.10. The number of nitrogens with one attached hydrogen (secondary N) is 1. The van der Waals surface area contributed by atoms with Gasteiger partial charge >= 0.3 is 0 Å². The van der Waals surface area contributed by atoms with Crippen molar-refractivity contribution in [1.82, 2.24) is 15.3 Å². The summed E-state index contributed by atoms with van der Waals surface area (Å²) in [6.07, 6.45) is 2.52. The summed E-state index contributed by atoms with van der Waals surface area (Å²) in [5.74, 6) is 0.361. The second kappa shape index (κ2) is 4.29. The van der Waals surface area contributed by atoms with Gasteiger partial charge in [-0.15, -0.1) is 0 Å². The summed E-state index contributed by atoms with van der Waals surface area (Å²) in [6.45, 7) is 1.78. The van der Waals surface area contributed by atoms with E-state index in [1.54, 1.807) is 0 Å². The number of aromatic nitrogens is 2. The van der Waals surface area contributed by atoms with E-state index in [0.29, 0.717) is 10.9 Å². The van der Waals surface area contributed by atoms with Gasteiger partial charge in [0.05, 0.1) is 6.20 Å². The summed E-state index contributed by atoms with van der Waals surface area (Å²) in [5, 5.41) is 3.72. The molecule has 1 aliphatic heterocycles. The molecule has 0 spiro atoms. The highest BCUT2D eigenvalue weighted by Gasteiger charge is 2.18. The van der Waals surface area contributed by atoms with Crippen molar-refractivity contribution in [2.75, 3.05) is 13.1 Å².